The highest BCUT2D eigenvalue weighted by Gasteiger charge is 2.20. The smallest absolute Gasteiger partial charge is 0.195 e. The molecule has 0 amide bonds. The predicted octanol–water partition coefficient (Wildman–Crippen LogP) is 3.86. The minimum Gasteiger partial charge on any atom is -0.241 e. The number of rotatable bonds is 1. The second-order valence-corrected chi connectivity index (χ2v) is 7.48. The Labute approximate surface area is 162 Å². The van der Waals surface area contributed by atoms with Crippen molar-refractivity contribution in [1.29, 1.82) is 0 Å². The Kier molecular flexibility index (Phi) is 2.98. The third-order valence-electron chi connectivity index (χ3n) is 5.66. The van der Waals surface area contributed by atoms with Crippen LogP contribution in [0.15, 0.2) is 85.5 Å². The van der Waals surface area contributed by atoms with Crippen molar-refractivity contribution in [3.63, 3.8) is 0 Å². The molecule has 28 heavy (non-hydrogen) atoms. The summed E-state index contributed by atoms with van der Waals surface area (Å²) in [6.07, 6.45) is 8.65. The second-order valence-electron chi connectivity index (χ2n) is 7.48. The van der Waals surface area contributed by atoms with E-state index in [9.17, 15) is 0 Å². The molecular formula is C24H20N4+2. The summed E-state index contributed by atoms with van der Waals surface area (Å²) >= 11 is 0. The number of hydrogen-bond donors (Lipinski definition) is 0. The lowest BCUT2D eigenvalue weighted by Crippen LogP contribution is -2.27. The van der Waals surface area contributed by atoms with Gasteiger partial charge in [0.2, 0.25) is 0 Å². The maximum atomic E-state index is 2.36. The first-order valence-electron chi connectivity index (χ1n) is 9.50. The Balaban J connectivity index is 1.92. The van der Waals surface area contributed by atoms with Crippen molar-refractivity contribution < 1.29 is 9.13 Å². The van der Waals surface area contributed by atoms with Crippen LogP contribution in [0.4, 0.5) is 0 Å². The van der Waals surface area contributed by atoms with Crippen molar-refractivity contribution in [1.82, 2.24) is 9.35 Å². The Morgan fingerprint density at radius 2 is 0.893 bits per heavy atom. The minimum atomic E-state index is 1.19. The van der Waals surface area contributed by atoms with Crippen LogP contribution in [-0.4, -0.2) is 9.35 Å². The molecule has 6 rings (SSSR count). The van der Waals surface area contributed by atoms with E-state index in [1.165, 1.54) is 43.6 Å². The SMILES string of the molecule is C[n+]1ccc2c3ccccc3n(-n3c4ccccc4c4cc[n+](C)cc43)c2c1. The minimum absolute atomic E-state index is 1.19. The number of benzene rings is 2. The summed E-state index contributed by atoms with van der Waals surface area (Å²) in [7, 11) is 4.15. The van der Waals surface area contributed by atoms with Gasteiger partial charge in [-0.1, -0.05) is 36.4 Å². The molecule has 4 nitrogen and oxygen atoms in total. The van der Waals surface area contributed by atoms with Gasteiger partial charge in [-0.3, -0.25) is 0 Å². The summed E-state index contributed by atoms with van der Waals surface area (Å²) in [6.45, 7) is 0. The third-order valence-corrected chi connectivity index (χ3v) is 5.66. The molecule has 0 aliphatic rings. The van der Waals surface area contributed by atoms with E-state index in [1.807, 2.05) is 0 Å². The molecule has 0 saturated carbocycles. The standard InChI is InChI=1S/C24H20N4/c1-25-13-11-19-17-7-3-5-9-21(17)27(23(19)15-25)28-22-10-6-4-8-18(22)20-12-14-26(2)16-24(20)28/h3-16H,1-2H3/q+2. The number of aromatic nitrogens is 4. The van der Waals surface area contributed by atoms with E-state index in [4.69, 9.17) is 0 Å². The van der Waals surface area contributed by atoms with E-state index in [2.05, 4.69) is 118 Å². The number of fused-ring (bicyclic) bond motifs is 6. The summed E-state index contributed by atoms with van der Waals surface area (Å²) in [5.74, 6) is 0. The molecule has 0 aliphatic carbocycles. The Morgan fingerprint density at radius 1 is 0.500 bits per heavy atom. The van der Waals surface area contributed by atoms with Crippen LogP contribution in [0.25, 0.3) is 43.6 Å². The van der Waals surface area contributed by atoms with Crippen molar-refractivity contribution in [2.24, 2.45) is 14.1 Å². The summed E-state index contributed by atoms with van der Waals surface area (Å²) < 4.78 is 8.95. The van der Waals surface area contributed by atoms with Crippen LogP contribution in [0.3, 0.4) is 0 Å². The molecule has 0 spiro atoms. The van der Waals surface area contributed by atoms with Crippen LogP contribution in [0, 0.1) is 0 Å². The van der Waals surface area contributed by atoms with E-state index in [0.29, 0.717) is 0 Å². The van der Waals surface area contributed by atoms with Gasteiger partial charge in [0.25, 0.3) is 0 Å². The second kappa shape index (κ2) is 5.42. The van der Waals surface area contributed by atoms with Gasteiger partial charge in [0.15, 0.2) is 24.8 Å². The zero-order valence-corrected chi connectivity index (χ0v) is 15.9. The van der Waals surface area contributed by atoms with Crippen LogP contribution >= 0.6 is 0 Å². The van der Waals surface area contributed by atoms with Gasteiger partial charge in [-0.25, -0.2) is 18.5 Å². The van der Waals surface area contributed by atoms with Gasteiger partial charge in [0, 0.05) is 33.7 Å². The van der Waals surface area contributed by atoms with Gasteiger partial charge >= 0.3 is 0 Å². The molecule has 0 radical (unpaired) electrons. The van der Waals surface area contributed by atoms with Crippen molar-refractivity contribution in [3.05, 3.63) is 85.5 Å². The van der Waals surface area contributed by atoms with E-state index in [1.54, 1.807) is 0 Å². The topological polar surface area (TPSA) is 17.6 Å². The normalized spacial score (nSPS) is 11.9. The number of aryl methyl sites for hydroxylation is 2. The molecule has 0 atom stereocenters. The average molecular weight is 364 g/mol. The van der Waals surface area contributed by atoms with E-state index >= 15 is 0 Å². The fourth-order valence-corrected chi connectivity index (χ4v) is 4.42. The Hall–Kier alpha value is -3.66. The van der Waals surface area contributed by atoms with Crippen LogP contribution < -0.4 is 9.13 Å². The molecule has 134 valence electrons. The maximum absolute atomic E-state index is 2.36. The molecule has 6 aromatic rings. The number of para-hydroxylation sites is 2. The monoisotopic (exact) mass is 364 g/mol. The lowest BCUT2D eigenvalue weighted by molar-refractivity contribution is -0.670. The Morgan fingerprint density at radius 3 is 1.36 bits per heavy atom. The van der Waals surface area contributed by atoms with Gasteiger partial charge < -0.3 is 0 Å². The van der Waals surface area contributed by atoms with Crippen LogP contribution in [0.5, 0.6) is 0 Å². The van der Waals surface area contributed by atoms with Crippen molar-refractivity contribution in [3.8, 4) is 0 Å². The summed E-state index contributed by atoms with van der Waals surface area (Å²) in [6, 6.07) is 21.7. The van der Waals surface area contributed by atoms with E-state index in [-0.39, 0.29) is 0 Å². The molecule has 0 aliphatic heterocycles. The quantitative estimate of drug-likeness (QED) is 0.394. The number of hydrogen-bond acceptors (Lipinski definition) is 0. The maximum Gasteiger partial charge on any atom is 0.195 e. The molecule has 4 heteroatoms. The lowest BCUT2D eigenvalue weighted by atomic mass is 10.2. The zero-order chi connectivity index (χ0) is 18.8. The predicted molar refractivity (Wildman–Crippen MR) is 112 cm³/mol. The fourth-order valence-electron chi connectivity index (χ4n) is 4.42. The van der Waals surface area contributed by atoms with Gasteiger partial charge in [-0.15, -0.1) is 0 Å². The number of pyridine rings is 2. The first-order chi connectivity index (χ1) is 13.7. The van der Waals surface area contributed by atoms with Crippen molar-refractivity contribution in [2.45, 2.75) is 0 Å². The van der Waals surface area contributed by atoms with Crippen molar-refractivity contribution in [2.75, 3.05) is 0 Å². The van der Waals surface area contributed by atoms with Gasteiger partial charge in [0.1, 0.15) is 25.1 Å². The lowest BCUT2D eigenvalue weighted by Gasteiger charge is -2.11. The molecule has 0 N–H and O–H groups in total. The van der Waals surface area contributed by atoms with Crippen LogP contribution in [0.1, 0.15) is 0 Å². The third kappa shape index (κ3) is 1.94. The molecule has 4 aromatic heterocycles. The zero-order valence-electron chi connectivity index (χ0n) is 15.9. The molecule has 0 saturated heterocycles. The highest BCUT2D eigenvalue weighted by molar-refractivity contribution is 6.11. The molecule has 0 unspecified atom stereocenters. The van der Waals surface area contributed by atoms with Gasteiger partial charge in [0.05, 0.1) is 11.0 Å². The summed E-state index contributed by atoms with van der Waals surface area (Å²) in [5.41, 5.74) is 4.80. The molecular weight excluding hydrogens is 344 g/mol. The van der Waals surface area contributed by atoms with Gasteiger partial charge in [-0.05, 0) is 12.1 Å². The van der Waals surface area contributed by atoms with Crippen LogP contribution in [0.2, 0.25) is 0 Å². The number of nitrogens with zero attached hydrogens (tertiary/aromatic N) is 4. The summed E-state index contributed by atoms with van der Waals surface area (Å²) in [5, 5.41) is 5.06. The summed E-state index contributed by atoms with van der Waals surface area (Å²) in [4.78, 5) is 0. The molecule has 0 fully saturated rings. The molecule has 2 aromatic carbocycles. The van der Waals surface area contributed by atoms with E-state index < -0.39 is 0 Å². The molecule has 0 bridgehead atoms. The Bertz CT molecular complexity index is 1420. The fraction of sp³-hybridized carbons (Fsp3) is 0.0833. The highest BCUT2D eigenvalue weighted by atomic mass is 15.5. The first-order valence-corrected chi connectivity index (χ1v) is 9.50. The van der Waals surface area contributed by atoms with Crippen LogP contribution in [-0.2, 0) is 14.1 Å². The molecule has 4 heterocycles. The largest absolute Gasteiger partial charge is 0.241 e. The van der Waals surface area contributed by atoms with Gasteiger partial charge in [-0.2, -0.15) is 0 Å². The van der Waals surface area contributed by atoms with E-state index in [0.717, 1.165) is 0 Å². The average Bonchev–Trinajstić information content (AvgIpc) is 3.19. The van der Waals surface area contributed by atoms with Crippen molar-refractivity contribution >= 4 is 43.6 Å². The highest BCUT2D eigenvalue weighted by Crippen LogP contribution is 2.33. The first kappa shape index (κ1) is 15.4.